The summed E-state index contributed by atoms with van der Waals surface area (Å²) in [4.78, 5) is 4.53. The van der Waals surface area contributed by atoms with Gasteiger partial charge < -0.3 is 4.90 Å². The fourth-order valence-electron chi connectivity index (χ4n) is 2.96. The first-order valence-electron chi connectivity index (χ1n) is 8.73. The highest BCUT2D eigenvalue weighted by Gasteiger charge is 2.13. The van der Waals surface area contributed by atoms with Crippen LogP contribution in [0.5, 0.6) is 0 Å². The van der Waals surface area contributed by atoms with Crippen molar-refractivity contribution in [3.05, 3.63) is 114 Å². The van der Waals surface area contributed by atoms with Crippen molar-refractivity contribution in [2.24, 2.45) is 0 Å². The quantitative estimate of drug-likeness (QED) is 0.341. The topological polar surface area (TPSA) is 3.24 Å². The molecule has 4 rings (SSSR count). The third-order valence-corrected chi connectivity index (χ3v) is 5.32. The molecule has 0 radical (unpaired) electrons. The van der Waals surface area contributed by atoms with E-state index in [0.29, 0.717) is 0 Å². The standard InChI is InChI=1S/C24H18ClNS/c25-19-16-22(18-24(17-19)27-23-14-8-3-9-15-23)26(20-10-4-1-5-11-20)21-12-6-2-7-13-21/h1-18H. The Hall–Kier alpha value is -2.68. The number of nitrogens with zero attached hydrogens (tertiary/aromatic N) is 1. The van der Waals surface area contributed by atoms with Crippen molar-refractivity contribution in [3.8, 4) is 0 Å². The van der Waals surface area contributed by atoms with Crippen LogP contribution in [0.15, 0.2) is 119 Å². The molecule has 0 fully saturated rings. The van der Waals surface area contributed by atoms with Crippen LogP contribution in [-0.2, 0) is 0 Å². The molecule has 0 aliphatic heterocycles. The molecule has 0 aliphatic carbocycles. The minimum absolute atomic E-state index is 0.725. The average molecular weight is 388 g/mol. The minimum atomic E-state index is 0.725. The summed E-state index contributed by atoms with van der Waals surface area (Å²) < 4.78 is 0. The lowest BCUT2D eigenvalue weighted by molar-refractivity contribution is 1.26. The van der Waals surface area contributed by atoms with Gasteiger partial charge in [-0.1, -0.05) is 78.0 Å². The van der Waals surface area contributed by atoms with E-state index < -0.39 is 0 Å². The van der Waals surface area contributed by atoms with E-state index in [1.54, 1.807) is 11.8 Å². The van der Waals surface area contributed by atoms with E-state index in [1.165, 1.54) is 4.90 Å². The molecule has 0 heterocycles. The SMILES string of the molecule is Clc1cc(Sc2ccccc2)cc(N(c2ccccc2)c2ccccc2)c1. The molecule has 132 valence electrons. The molecule has 4 aromatic rings. The third-order valence-electron chi connectivity index (χ3n) is 4.12. The van der Waals surface area contributed by atoms with Gasteiger partial charge in [0.2, 0.25) is 0 Å². The fourth-order valence-corrected chi connectivity index (χ4v) is 4.19. The van der Waals surface area contributed by atoms with E-state index in [9.17, 15) is 0 Å². The van der Waals surface area contributed by atoms with Crippen molar-refractivity contribution in [2.45, 2.75) is 9.79 Å². The molecule has 27 heavy (non-hydrogen) atoms. The first-order valence-corrected chi connectivity index (χ1v) is 9.93. The lowest BCUT2D eigenvalue weighted by Gasteiger charge is -2.26. The zero-order valence-electron chi connectivity index (χ0n) is 14.6. The van der Waals surface area contributed by atoms with E-state index >= 15 is 0 Å². The third kappa shape index (κ3) is 4.36. The summed E-state index contributed by atoms with van der Waals surface area (Å²) in [6.07, 6.45) is 0. The van der Waals surface area contributed by atoms with Crippen LogP contribution in [0.25, 0.3) is 0 Å². The lowest BCUT2D eigenvalue weighted by atomic mass is 10.2. The van der Waals surface area contributed by atoms with E-state index in [1.807, 2.05) is 42.5 Å². The number of rotatable bonds is 5. The number of hydrogen-bond acceptors (Lipinski definition) is 2. The van der Waals surface area contributed by atoms with Crippen molar-refractivity contribution in [1.82, 2.24) is 0 Å². The van der Waals surface area contributed by atoms with Gasteiger partial charge in [-0.25, -0.2) is 0 Å². The number of halogens is 1. The Balaban J connectivity index is 1.78. The van der Waals surface area contributed by atoms with Crippen LogP contribution in [0.3, 0.4) is 0 Å². The summed E-state index contributed by atoms with van der Waals surface area (Å²) in [5.41, 5.74) is 3.24. The van der Waals surface area contributed by atoms with Crippen LogP contribution in [-0.4, -0.2) is 0 Å². The van der Waals surface area contributed by atoms with Gasteiger partial charge in [0.1, 0.15) is 0 Å². The summed E-state index contributed by atoms with van der Waals surface area (Å²) in [7, 11) is 0. The number of anilines is 3. The summed E-state index contributed by atoms with van der Waals surface area (Å²) in [5.74, 6) is 0. The highest BCUT2D eigenvalue weighted by atomic mass is 35.5. The van der Waals surface area contributed by atoms with Crippen molar-refractivity contribution in [1.29, 1.82) is 0 Å². The molecule has 4 aromatic carbocycles. The van der Waals surface area contributed by atoms with Gasteiger partial charge in [0, 0.05) is 31.9 Å². The molecule has 0 bridgehead atoms. The van der Waals surface area contributed by atoms with Gasteiger partial charge >= 0.3 is 0 Å². The Bertz CT molecular complexity index is 965. The van der Waals surface area contributed by atoms with E-state index in [2.05, 4.69) is 71.6 Å². The zero-order chi connectivity index (χ0) is 18.5. The van der Waals surface area contributed by atoms with E-state index in [-0.39, 0.29) is 0 Å². The van der Waals surface area contributed by atoms with Gasteiger partial charge in [0.05, 0.1) is 0 Å². The largest absolute Gasteiger partial charge is 0.310 e. The molecule has 0 atom stereocenters. The van der Waals surface area contributed by atoms with Gasteiger partial charge in [-0.15, -0.1) is 0 Å². The number of benzene rings is 4. The molecule has 0 amide bonds. The van der Waals surface area contributed by atoms with Crippen LogP contribution in [0.1, 0.15) is 0 Å². The molecule has 0 N–H and O–H groups in total. The highest BCUT2D eigenvalue weighted by Crippen LogP contribution is 2.39. The van der Waals surface area contributed by atoms with Crippen molar-refractivity contribution in [2.75, 3.05) is 4.90 Å². The summed E-state index contributed by atoms with van der Waals surface area (Å²) in [5, 5.41) is 0.725. The second-order valence-corrected chi connectivity index (χ2v) is 7.65. The summed E-state index contributed by atoms with van der Waals surface area (Å²) in [6.45, 7) is 0. The molecule has 0 saturated carbocycles. The summed E-state index contributed by atoms with van der Waals surface area (Å²) in [6, 6.07) is 37.2. The molecule has 0 spiro atoms. The second kappa shape index (κ2) is 8.34. The van der Waals surface area contributed by atoms with Crippen LogP contribution < -0.4 is 4.90 Å². The van der Waals surface area contributed by atoms with Gasteiger partial charge in [0.25, 0.3) is 0 Å². The van der Waals surface area contributed by atoms with Crippen molar-refractivity contribution >= 4 is 40.4 Å². The first kappa shape index (κ1) is 17.7. The fraction of sp³-hybridized carbons (Fsp3) is 0. The Morgan fingerprint density at radius 3 is 1.59 bits per heavy atom. The predicted octanol–water partition coefficient (Wildman–Crippen LogP) is 7.96. The van der Waals surface area contributed by atoms with Crippen LogP contribution >= 0.6 is 23.4 Å². The Labute approximate surface area is 169 Å². The van der Waals surface area contributed by atoms with Crippen LogP contribution in [0.4, 0.5) is 17.1 Å². The van der Waals surface area contributed by atoms with Crippen LogP contribution in [0, 0.1) is 0 Å². The Morgan fingerprint density at radius 2 is 1.04 bits per heavy atom. The smallest absolute Gasteiger partial charge is 0.0487 e. The molecule has 0 aliphatic rings. The van der Waals surface area contributed by atoms with Gasteiger partial charge in [0.15, 0.2) is 0 Å². The lowest BCUT2D eigenvalue weighted by Crippen LogP contribution is -2.09. The number of para-hydroxylation sites is 2. The predicted molar refractivity (Wildman–Crippen MR) is 117 cm³/mol. The monoisotopic (exact) mass is 387 g/mol. The number of hydrogen-bond donors (Lipinski definition) is 0. The Morgan fingerprint density at radius 1 is 0.519 bits per heavy atom. The minimum Gasteiger partial charge on any atom is -0.310 e. The van der Waals surface area contributed by atoms with Gasteiger partial charge in [-0.2, -0.15) is 0 Å². The first-order chi connectivity index (χ1) is 13.3. The molecular weight excluding hydrogens is 370 g/mol. The maximum absolute atomic E-state index is 6.50. The molecular formula is C24H18ClNS. The molecule has 0 unspecified atom stereocenters. The maximum Gasteiger partial charge on any atom is 0.0487 e. The normalized spacial score (nSPS) is 10.6. The van der Waals surface area contributed by atoms with Crippen molar-refractivity contribution < 1.29 is 0 Å². The maximum atomic E-state index is 6.50. The highest BCUT2D eigenvalue weighted by molar-refractivity contribution is 7.99. The zero-order valence-corrected chi connectivity index (χ0v) is 16.2. The van der Waals surface area contributed by atoms with Crippen molar-refractivity contribution in [3.63, 3.8) is 0 Å². The average Bonchev–Trinajstić information content (AvgIpc) is 2.70. The van der Waals surface area contributed by atoms with E-state index in [4.69, 9.17) is 11.6 Å². The van der Waals surface area contributed by atoms with E-state index in [0.717, 1.165) is 27.0 Å². The molecule has 1 nitrogen and oxygen atoms in total. The Kier molecular flexibility index (Phi) is 5.47. The second-order valence-electron chi connectivity index (χ2n) is 6.07. The van der Waals surface area contributed by atoms with Gasteiger partial charge in [-0.05, 0) is 54.6 Å². The molecule has 0 aromatic heterocycles. The molecule has 3 heteroatoms. The van der Waals surface area contributed by atoms with Gasteiger partial charge in [-0.3, -0.25) is 0 Å². The van der Waals surface area contributed by atoms with Crippen LogP contribution in [0.2, 0.25) is 5.02 Å². The molecule has 0 saturated heterocycles. The summed E-state index contributed by atoms with van der Waals surface area (Å²) >= 11 is 8.21.